The number of nitrogens with zero attached hydrogens (tertiary/aromatic N) is 2. The van der Waals surface area contributed by atoms with E-state index in [1.807, 2.05) is 0 Å². The van der Waals surface area contributed by atoms with Crippen LogP contribution in [0, 0.1) is 0 Å². The Kier molecular flexibility index (Phi) is 4.49. The first-order chi connectivity index (χ1) is 14.8. The second kappa shape index (κ2) is 7.35. The fourth-order valence-corrected chi connectivity index (χ4v) is 7.10. The summed E-state index contributed by atoms with van der Waals surface area (Å²) in [5.74, 6) is 0. The summed E-state index contributed by atoms with van der Waals surface area (Å²) in [6, 6.07) is 21.2. The predicted molar refractivity (Wildman–Crippen MR) is 124 cm³/mol. The Bertz CT molecular complexity index is 1190. The van der Waals surface area contributed by atoms with Crippen molar-refractivity contribution < 1.29 is 0 Å². The van der Waals surface area contributed by atoms with Gasteiger partial charge in [0, 0.05) is 0 Å². The molecule has 6 rings (SSSR count). The van der Waals surface area contributed by atoms with Crippen LogP contribution in [0.4, 0.5) is 5.69 Å². The minimum atomic E-state index is 0.0406. The van der Waals surface area contributed by atoms with E-state index in [-0.39, 0.29) is 20.2 Å². The van der Waals surface area contributed by atoms with Crippen LogP contribution in [0.2, 0.25) is 0 Å². The molecule has 2 N–H and O–H groups in total. The molecule has 2 aliphatic rings. The fourth-order valence-electron chi connectivity index (χ4n) is 4.96. The Morgan fingerprint density at radius 2 is 1.50 bits per heavy atom. The van der Waals surface area contributed by atoms with Gasteiger partial charge in [-0.2, -0.15) is 0 Å². The average molecular weight is 459 g/mol. The number of hydrogen-bond acceptors (Lipinski definition) is 4. The van der Waals surface area contributed by atoms with Gasteiger partial charge in [-0.25, -0.2) is 0 Å². The van der Waals surface area contributed by atoms with Gasteiger partial charge in [0.15, 0.2) is 0 Å². The summed E-state index contributed by atoms with van der Waals surface area (Å²) in [6.45, 7) is 0.966. The zero-order chi connectivity index (χ0) is 20.0. The third-order valence-electron chi connectivity index (χ3n) is 6.46. The van der Waals surface area contributed by atoms with Crippen molar-refractivity contribution in [1.29, 1.82) is 0 Å². The van der Waals surface area contributed by atoms with Crippen LogP contribution in [-0.2, 0) is 6.54 Å². The van der Waals surface area contributed by atoms with E-state index in [0.29, 0.717) is 0 Å². The van der Waals surface area contributed by atoms with E-state index >= 15 is 0 Å². The van der Waals surface area contributed by atoms with Gasteiger partial charge in [0.05, 0.1) is 0 Å². The van der Waals surface area contributed by atoms with Crippen molar-refractivity contribution in [2.24, 2.45) is 0 Å². The van der Waals surface area contributed by atoms with E-state index in [1.54, 1.807) is 0 Å². The zero-order valence-corrected chi connectivity index (χ0v) is 18.5. The number of hydrogen-bond donors (Lipinski definition) is 2. The molecule has 150 valence electrons. The van der Waals surface area contributed by atoms with Crippen molar-refractivity contribution in [2.45, 2.75) is 44.3 Å². The molecular weight excluding hydrogens is 435 g/mol. The van der Waals surface area contributed by atoms with Crippen molar-refractivity contribution in [1.82, 2.24) is 15.5 Å². The van der Waals surface area contributed by atoms with Crippen LogP contribution in [0.3, 0.4) is 0 Å². The summed E-state index contributed by atoms with van der Waals surface area (Å²) >= 11 is 0.215. The second-order valence-corrected chi connectivity index (χ2v) is 10.6. The van der Waals surface area contributed by atoms with Crippen LogP contribution in [0.25, 0.3) is 32.2 Å². The Morgan fingerprint density at radius 3 is 2.23 bits per heavy atom. The van der Waals surface area contributed by atoms with Gasteiger partial charge in [-0.15, -0.1) is 0 Å². The summed E-state index contributed by atoms with van der Waals surface area (Å²) in [5.41, 5.74) is 5.90. The average Bonchev–Trinajstić information content (AvgIpc) is 3.18. The van der Waals surface area contributed by atoms with E-state index in [1.165, 1.54) is 58.7 Å². The van der Waals surface area contributed by atoms with Crippen LogP contribution in [-0.4, -0.2) is 30.4 Å². The van der Waals surface area contributed by atoms with Crippen LogP contribution >= 0.6 is 0 Å². The first-order valence-corrected chi connectivity index (χ1v) is 12.5. The molecule has 4 nitrogen and oxygen atoms in total. The normalized spacial score (nSPS) is 17.6. The molecule has 0 unspecified atom stereocenters. The zero-order valence-electron chi connectivity index (χ0n) is 16.8. The molecule has 0 amide bonds. The summed E-state index contributed by atoms with van der Waals surface area (Å²) in [5, 5.41) is 18.6. The van der Waals surface area contributed by atoms with Crippen molar-refractivity contribution >= 4 is 30.0 Å². The number of aromatic nitrogens is 2. The first-order valence-electron chi connectivity index (χ1n) is 10.8. The Balaban J connectivity index is 1.62. The molecule has 0 saturated heterocycles. The van der Waals surface area contributed by atoms with E-state index in [2.05, 4.69) is 71.3 Å². The standard InChI is InChI=1S/C25H24N4Se/c1-4-10-17(11-5-1)20-21-23-19(16-26-25(27-23)14-8-3-9-15-25)30-24(21)29-28-22(20)18-12-6-2-7-13-18/h1-2,4-7,10-13,26-27H,3,8-9,14-16H2. The molecule has 5 heteroatoms. The molecule has 0 atom stereocenters. The molecule has 1 fully saturated rings. The Morgan fingerprint density at radius 1 is 0.800 bits per heavy atom. The summed E-state index contributed by atoms with van der Waals surface area (Å²) < 4.78 is 2.64. The van der Waals surface area contributed by atoms with Crippen LogP contribution in [0.1, 0.15) is 36.5 Å². The molecule has 2 aromatic heterocycles. The Hall–Kier alpha value is -2.46. The van der Waals surface area contributed by atoms with Gasteiger partial charge < -0.3 is 0 Å². The van der Waals surface area contributed by atoms with Crippen LogP contribution in [0.5, 0.6) is 0 Å². The summed E-state index contributed by atoms with van der Waals surface area (Å²) in [4.78, 5) is 0. The van der Waals surface area contributed by atoms with Crippen LogP contribution < -0.4 is 10.6 Å². The monoisotopic (exact) mass is 460 g/mol. The molecule has 3 heterocycles. The molecule has 1 aliphatic carbocycles. The summed E-state index contributed by atoms with van der Waals surface area (Å²) in [6.07, 6.45) is 6.30. The molecule has 1 aliphatic heterocycles. The van der Waals surface area contributed by atoms with Gasteiger partial charge >= 0.3 is 183 Å². The molecule has 1 spiro atoms. The number of nitrogens with one attached hydrogen (secondary N) is 2. The molecule has 2 aromatic carbocycles. The molecule has 30 heavy (non-hydrogen) atoms. The molecule has 1 saturated carbocycles. The van der Waals surface area contributed by atoms with Gasteiger partial charge in [0.2, 0.25) is 0 Å². The molecular formula is C25H24N4Se. The number of benzene rings is 2. The molecule has 4 aromatic rings. The third kappa shape index (κ3) is 3.01. The van der Waals surface area contributed by atoms with Gasteiger partial charge in [-0.05, 0) is 0 Å². The van der Waals surface area contributed by atoms with Gasteiger partial charge in [0.25, 0.3) is 0 Å². The minimum absolute atomic E-state index is 0.0406. The quantitative estimate of drug-likeness (QED) is 0.405. The molecule has 0 radical (unpaired) electrons. The number of rotatable bonds is 2. The van der Waals surface area contributed by atoms with Crippen molar-refractivity contribution in [2.75, 3.05) is 5.32 Å². The van der Waals surface area contributed by atoms with E-state index in [0.717, 1.165) is 22.2 Å². The Labute approximate surface area is 182 Å². The fraction of sp³-hybridized carbons (Fsp3) is 0.280. The first kappa shape index (κ1) is 18.3. The predicted octanol–water partition coefficient (Wildman–Crippen LogP) is 5.20. The third-order valence-corrected chi connectivity index (χ3v) is 8.71. The SMILES string of the molecule is c1ccc(-c2nnc3[se]c4c(c3c2-c2ccccc2)NC2(CCCCC2)NC4)cc1. The second-order valence-electron chi connectivity index (χ2n) is 8.36. The van der Waals surface area contributed by atoms with Gasteiger partial charge in [-0.3, -0.25) is 0 Å². The van der Waals surface area contributed by atoms with Crippen molar-refractivity contribution in [3.63, 3.8) is 0 Å². The summed E-state index contributed by atoms with van der Waals surface area (Å²) in [7, 11) is 0. The number of fused-ring (bicyclic) bond motifs is 3. The van der Waals surface area contributed by atoms with Gasteiger partial charge in [-0.1, -0.05) is 0 Å². The maximum atomic E-state index is 4.75. The van der Waals surface area contributed by atoms with E-state index < -0.39 is 0 Å². The maximum absolute atomic E-state index is 4.75. The van der Waals surface area contributed by atoms with Gasteiger partial charge in [0.1, 0.15) is 0 Å². The van der Waals surface area contributed by atoms with Crippen molar-refractivity contribution in [3.05, 3.63) is 65.1 Å². The molecule has 0 bridgehead atoms. The van der Waals surface area contributed by atoms with E-state index in [4.69, 9.17) is 10.2 Å². The topological polar surface area (TPSA) is 49.8 Å². The van der Waals surface area contributed by atoms with E-state index in [9.17, 15) is 0 Å². The number of anilines is 1. The van der Waals surface area contributed by atoms with Crippen LogP contribution in [0.15, 0.2) is 60.7 Å². The van der Waals surface area contributed by atoms with Crippen molar-refractivity contribution in [3.8, 4) is 22.4 Å².